The fraction of sp³-hybridized carbons (Fsp3) is 0.333. The van der Waals surface area contributed by atoms with Gasteiger partial charge in [0.05, 0.1) is 0 Å². The Bertz CT molecular complexity index is 480. The summed E-state index contributed by atoms with van der Waals surface area (Å²) in [5, 5.41) is 11.4. The molecule has 102 valence electrons. The first-order chi connectivity index (χ1) is 9.02. The summed E-state index contributed by atoms with van der Waals surface area (Å²) < 4.78 is 0. The maximum Gasteiger partial charge on any atom is 0.326 e. The van der Waals surface area contributed by atoms with Crippen molar-refractivity contribution in [3.8, 4) is 0 Å². The van der Waals surface area contributed by atoms with Crippen LogP contribution in [0.15, 0.2) is 30.3 Å². The van der Waals surface area contributed by atoms with Crippen LogP contribution < -0.4 is 5.32 Å². The molecule has 0 spiro atoms. The maximum absolute atomic E-state index is 11.6. The lowest BCUT2D eigenvalue weighted by Crippen LogP contribution is -2.39. The molecule has 2 N–H and O–H groups in total. The Hall–Kier alpha value is -2.10. The summed E-state index contributed by atoms with van der Waals surface area (Å²) in [7, 11) is 0. The molecule has 1 atom stereocenters. The molecule has 0 radical (unpaired) electrons. The van der Waals surface area contributed by atoms with Crippen LogP contribution in [0.1, 0.15) is 30.9 Å². The zero-order valence-electron chi connectivity index (χ0n) is 11.2. The number of carboxylic acids is 1. The first kappa shape index (κ1) is 15.0. The zero-order chi connectivity index (χ0) is 14.3. The van der Waals surface area contributed by atoms with Crippen molar-refractivity contribution in [1.82, 2.24) is 5.32 Å². The van der Waals surface area contributed by atoms with E-state index in [1.165, 1.54) is 6.08 Å². The average molecular weight is 261 g/mol. The van der Waals surface area contributed by atoms with Crippen molar-refractivity contribution < 1.29 is 14.7 Å². The minimum Gasteiger partial charge on any atom is -0.480 e. The van der Waals surface area contributed by atoms with Gasteiger partial charge < -0.3 is 10.4 Å². The number of amides is 1. The number of aryl methyl sites for hydroxylation is 1. The summed E-state index contributed by atoms with van der Waals surface area (Å²) in [6, 6.07) is 6.89. The monoisotopic (exact) mass is 261 g/mol. The Morgan fingerprint density at radius 1 is 1.42 bits per heavy atom. The quantitative estimate of drug-likeness (QED) is 0.773. The Morgan fingerprint density at radius 3 is 2.74 bits per heavy atom. The molecule has 0 saturated carbocycles. The summed E-state index contributed by atoms with van der Waals surface area (Å²) in [6.45, 7) is 3.85. The van der Waals surface area contributed by atoms with Gasteiger partial charge in [-0.05, 0) is 25.0 Å². The molecule has 1 unspecified atom stereocenters. The second-order valence-electron chi connectivity index (χ2n) is 4.44. The molecule has 0 fully saturated rings. The van der Waals surface area contributed by atoms with E-state index in [2.05, 4.69) is 5.32 Å². The molecule has 1 aromatic carbocycles. The summed E-state index contributed by atoms with van der Waals surface area (Å²) in [6.07, 6.45) is 4.17. The summed E-state index contributed by atoms with van der Waals surface area (Å²) in [5.74, 6) is -1.39. The third kappa shape index (κ3) is 5.38. The van der Waals surface area contributed by atoms with Gasteiger partial charge in [0.1, 0.15) is 6.04 Å². The van der Waals surface area contributed by atoms with Crippen molar-refractivity contribution in [2.24, 2.45) is 0 Å². The van der Waals surface area contributed by atoms with Crippen LogP contribution in [-0.2, 0) is 9.59 Å². The molecule has 0 heterocycles. The van der Waals surface area contributed by atoms with E-state index < -0.39 is 12.0 Å². The standard InChI is InChI=1S/C15H19NO3/c1-3-5-13(15(18)19)16-14(17)9-8-12-7-4-6-11(2)10-12/h4,6-10,13H,3,5H2,1-2H3,(H,16,17)(H,18,19)/b9-8+. The third-order valence-electron chi connectivity index (χ3n) is 2.66. The van der Waals surface area contributed by atoms with E-state index in [-0.39, 0.29) is 5.91 Å². The number of carbonyl (C=O) groups excluding carboxylic acids is 1. The summed E-state index contributed by atoms with van der Waals surface area (Å²) in [5.41, 5.74) is 2.02. The highest BCUT2D eigenvalue weighted by molar-refractivity contribution is 5.94. The van der Waals surface area contributed by atoms with Crippen LogP contribution in [0.2, 0.25) is 0 Å². The Kier molecular flexibility index (Phi) is 5.79. The van der Waals surface area contributed by atoms with Crippen molar-refractivity contribution in [2.75, 3.05) is 0 Å². The Labute approximate surface area is 113 Å². The van der Waals surface area contributed by atoms with Gasteiger partial charge in [0.25, 0.3) is 0 Å². The second-order valence-corrected chi connectivity index (χ2v) is 4.44. The van der Waals surface area contributed by atoms with Gasteiger partial charge in [-0.2, -0.15) is 0 Å². The van der Waals surface area contributed by atoms with E-state index in [0.717, 1.165) is 11.1 Å². The van der Waals surface area contributed by atoms with Crippen LogP contribution in [0.3, 0.4) is 0 Å². The van der Waals surface area contributed by atoms with Gasteiger partial charge >= 0.3 is 5.97 Å². The van der Waals surface area contributed by atoms with Gasteiger partial charge in [0.2, 0.25) is 5.91 Å². The van der Waals surface area contributed by atoms with Crippen LogP contribution in [0, 0.1) is 6.92 Å². The molecule has 0 bridgehead atoms. The van der Waals surface area contributed by atoms with Gasteiger partial charge in [0.15, 0.2) is 0 Å². The topological polar surface area (TPSA) is 66.4 Å². The van der Waals surface area contributed by atoms with E-state index in [1.54, 1.807) is 6.08 Å². The molecule has 0 aliphatic carbocycles. The minimum absolute atomic E-state index is 0.387. The molecular weight excluding hydrogens is 242 g/mol. The summed E-state index contributed by atoms with van der Waals surface area (Å²) in [4.78, 5) is 22.5. The van der Waals surface area contributed by atoms with E-state index in [0.29, 0.717) is 12.8 Å². The molecule has 0 aromatic heterocycles. The number of carboxylic acid groups (broad SMARTS) is 1. The predicted molar refractivity (Wildman–Crippen MR) is 74.7 cm³/mol. The van der Waals surface area contributed by atoms with Crippen LogP contribution >= 0.6 is 0 Å². The van der Waals surface area contributed by atoms with Crippen molar-refractivity contribution in [1.29, 1.82) is 0 Å². The van der Waals surface area contributed by atoms with E-state index in [4.69, 9.17) is 5.11 Å². The zero-order valence-corrected chi connectivity index (χ0v) is 11.2. The molecule has 4 nitrogen and oxygen atoms in total. The van der Waals surface area contributed by atoms with E-state index in [9.17, 15) is 9.59 Å². The molecule has 1 aromatic rings. The Morgan fingerprint density at radius 2 is 2.16 bits per heavy atom. The molecular formula is C15H19NO3. The molecule has 0 aliphatic rings. The number of hydrogen-bond donors (Lipinski definition) is 2. The van der Waals surface area contributed by atoms with Gasteiger partial charge in [-0.25, -0.2) is 4.79 Å². The van der Waals surface area contributed by atoms with E-state index >= 15 is 0 Å². The van der Waals surface area contributed by atoms with Crippen LogP contribution in [-0.4, -0.2) is 23.0 Å². The number of benzene rings is 1. The van der Waals surface area contributed by atoms with Crippen molar-refractivity contribution in [3.63, 3.8) is 0 Å². The van der Waals surface area contributed by atoms with Crippen molar-refractivity contribution in [3.05, 3.63) is 41.5 Å². The highest BCUT2D eigenvalue weighted by atomic mass is 16.4. The lowest BCUT2D eigenvalue weighted by molar-refractivity contribution is -0.141. The molecule has 1 rings (SSSR count). The summed E-state index contributed by atoms with van der Waals surface area (Å²) >= 11 is 0. The smallest absolute Gasteiger partial charge is 0.326 e. The molecule has 0 saturated heterocycles. The molecule has 4 heteroatoms. The number of nitrogens with one attached hydrogen (secondary N) is 1. The van der Waals surface area contributed by atoms with Crippen LogP contribution in [0.4, 0.5) is 0 Å². The largest absolute Gasteiger partial charge is 0.480 e. The SMILES string of the molecule is CCCC(NC(=O)/C=C/c1cccc(C)c1)C(=O)O. The number of rotatable bonds is 6. The van der Waals surface area contributed by atoms with Gasteiger partial charge in [-0.3, -0.25) is 4.79 Å². The third-order valence-corrected chi connectivity index (χ3v) is 2.66. The lowest BCUT2D eigenvalue weighted by atomic mass is 10.1. The molecule has 1 amide bonds. The fourth-order valence-corrected chi connectivity index (χ4v) is 1.71. The fourth-order valence-electron chi connectivity index (χ4n) is 1.71. The predicted octanol–water partition coefficient (Wildman–Crippen LogP) is 2.38. The Balaban J connectivity index is 2.61. The van der Waals surface area contributed by atoms with Crippen LogP contribution in [0.5, 0.6) is 0 Å². The number of carbonyl (C=O) groups is 2. The molecule has 19 heavy (non-hydrogen) atoms. The average Bonchev–Trinajstić information content (AvgIpc) is 2.36. The first-order valence-electron chi connectivity index (χ1n) is 6.31. The second kappa shape index (κ2) is 7.36. The van der Waals surface area contributed by atoms with Crippen LogP contribution in [0.25, 0.3) is 6.08 Å². The van der Waals surface area contributed by atoms with Gasteiger partial charge in [-0.1, -0.05) is 43.2 Å². The highest BCUT2D eigenvalue weighted by Crippen LogP contribution is 2.05. The first-order valence-corrected chi connectivity index (χ1v) is 6.31. The van der Waals surface area contributed by atoms with Gasteiger partial charge in [-0.15, -0.1) is 0 Å². The van der Waals surface area contributed by atoms with Gasteiger partial charge in [0, 0.05) is 6.08 Å². The highest BCUT2D eigenvalue weighted by Gasteiger charge is 2.17. The number of aliphatic carboxylic acids is 1. The maximum atomic E-state index is 11.6. The normalized spacial score (nSPS) is 12.3. The van der Waals surface area contributed by atoms with Crippen molar-refractivity contribution >= 4 is 18.0 Å². The van der Waals surface area contributed by atoms with Crippen molar-refractivity contribution in [2.45, 2.75) is 32.7 Å². The molecule has 0 aliphatic heterocycles. The number of hydrogen-bond acceptors (Lipinski definition) is 2. The minimum atomic E-state index is -1.00. The lowest BCUT2D eigenvalue weighted by Gasteiger charge is -2.11. The van der Waals surface area contributed by atoms with E-state index in [1.807, 2.05) is 38.1 Å².